The van der Waals surface area contributed by atoms with Crippen molar-refractivity contribution in [3.05, 3.63) is 72.1 Å². The summed E-state index contributed by atoms with van der Waals surface area (Å²) in [4.78, 5) is 30.1. The fourth-order valence-corrected chi connectivity index (χ4v) is 6.17. The van der Waals surface area contributed by atoms with Crippen LogP contribution in [0.2, 0.25) is 0 Å². The molecule has 1 aromatic rings. The van der Waals surface area contributed by atoms with Crippen molar-refractivity contribution in [3.8, 4) is 0 Å². The highest BCUT2D eigenvalue weighted by Crippen LogP contribution is 2.41. The summed E-state index contributed by atoms with van der Waals surface area (Å²) in [6.07, 6.45) is 13.4. The molecule has 1 aromatic carbocycles. The molecule has 0 aliphatic carbocycles. The van der Waals surface area contributed by atoms with E-state index in [0.29, 0.717) is 25.1 Å². The maximum Gasteiger partial charge on any atom is 0.254 e. The Morgan fingerprint density at radius 3 is 2.25 bits per heavy atom. The first-order valence-electron chi connectivity index (χ1n) is 10.9. The van der Waals surface area contributed by atoms with Crippen LogP contribution in [0.15, 0.2) is 61.0 Å². The molecule has 7 nitrogen and oxygen atoms in total. The van der Waals surface area contributed by atoms with Crippen molar-refractivity contribution in [3.63, 3.8) is 0 Å². The number of amides is 2. The summed E-state index contributed by atoms with van der Waals surface area (Å²) in [5.74, 6) is -1.13. The van der Waals surface area contributed by atoms with Gasteiger partial charge < -0.3 is 9.80 Å². The minimum atomic E-state index is -3.68. The number of hydrogen-bond donors (Lipinski definition) is 0. The Morgan fingerprint density at radius 1 is 1.06 bits per heavy atom. The molecule has 3 atom stereocenters. The SMILES string of the molecule is CC(C)[C@H]1C(=O)N(S(C)(=O)=O)[C@H]2CCN(C(=O)c3ccc(CN4C=CC=CC=C4)cc3)[C@H]12. The van der Waals surface area contributed by atoms with Gasteiger partial charge in [-0.25, -0.2) is 12.7 Å². The van der Waals surface area contributed by atoms with Crippen LogP contribution in [0, 0.1) is 11.8 Å². The molecule has 3 heterocycles. The third-order valence-corrected chi connectivity index (χ3v) is 7.55. The predicted octanol–water partition coefficient (Wildman–Crippen LogP) is 2.74. The molecule has 8 heteroatoms. The van der Waals surface area contributed by atoms with Crippen molar-refractivity contribution in [2.24, 2.45) is 11.8 Å². The Morgan fingerprint density at radius 2 is 1.69 bits per heavy atom. The van der Waals surface area contributed by atoms with E-state index in [0.717, 1.165) is 16.1 Å². The lowest BCUT2D eigenvalue weighted by atomic mass is 9.88. The zero-order valence-corrected chi connectivity index (χ0v) is 19.4. The molecular formula is C24H29N3O4S. The topological polar surface area (TPSA) is 78.0 Å². The summed E-state index contributed by atoms with van der Waals surface area (Å²) < 4.78 is 25.6. The zero-order valence-electron chi connectivity index (χ0n) is 18.6. The number of benzene rings is 1. The minimum Gasteiger partial charge on any atom is -0.350 e. The van der Waals surface area contributed by atoms with E-state index in [2.05, 4.69) is 4.90 Å². The van der Waals surface area contributed by atoms with E-state index in [9.17, 15) is 18.0 Å². The summed E-state index contributed by atoms with van der Waals surface area (Å²) in [6, 6.07) is 6.58. The van der Waals surface area contributed by atoms with Crippen molar-refractivity contribution < 1.29 is 18.0 Å². The molecule has 0 unspecified atom stereocenters. The number of allylic oxidation sites excluding steroid dienone is 4. The smallest absolute Gasteiger partial charge is 0.254 e. The Bertz CT molecular complexity index is 1070. The molecule has 0 aromatic heterocycles. The van der Waals surface area contributed by atoms with Crippen LogP contribution in [-0.2, 0) is 21.4 Å². The highest BCUT2D eigenvalue weighted by atomic mass is 32.2. The number of rotatable bonds is 5. The highest BCUT2D eigenvalue weighted by molar-refractivity contribution is 7.88. The average Bonchev–Trinajstić information content (AvgIpc) is 3.13. The van der Waals surface area contributed by atoms with Crippen LogP contribution in [0.25, 0.3) is 0 Å². The minimum absolute atomic E-state index is 0.0678. The van der Waals surface area contributed by atoms with Crippen molar-refractivity contribution >= 4 is 21.8 Å². The van der Waals surface area contributed by atoms with E-state index in [1.807, 2.05) is 74.8 Å². The van der Waals surface area contributed by atoms with Crippen LogP contribution in [-0.4, -0.2) is 59.2 Å². The van der Waals surface area contributed by atoms with Gasteiger partial charge in [-0.3, -0.25) is 9.59 Å². The van der Waals surface area contributed by atoms with Gasteiger partial charge in [0.05, 0.1) is 24.3 Å². The van der Waals surface area contributed by atoms with Crippen LogP contribution in [0.1, 0.15) is 36.2 Å². The predicted molar refractivity (Wildman–Crippen MR) is 123 cm³/mol. The lowest BCUT2D eigenvalue weighted by molar-refractivity contribution is -0.129. The fraction of sp³-hybridized carbons (Fsp3) is 0.417. The molecule has 3 aliphatic heterocycles. The third-order valence-electron chi connectivity index (χ3n) is 6.38. The van der Waals surface area contributed by atoms with Crippen LogP contribution < -0.4 is 0 Å². The summed E-state index contributed by atoms with van der Waals surface area (Å²) in [5, 5.41) is 0. The molecule has 0 radical (unpaired) electrons. The van der Waals surface area contributed by atoms with Crippen molar-refractivity contribution in [2.45, 2.75) is 38.9 Å². The van der Waals surface area contributed by atoms with E-state index in [1.54, 1.807) is 4.90 Å². The molecule has 2 saturated heterocycles. The first kappa shape index (κ1) is 22.3. The Labute approximate surface area is 189 Å². The maximum atomic E-state index is 13.4. The molecule has 0 bridgehead atoms. The molecule has 170 valence electrons. The second-order valence-electron chi connectivity index (χ2n) is 8.95. The van der Waals surface area contributed by atoms with Crippen molar-refractivity contribution in [2.75, 3.05) is 12.8 Å². The molecule has 2 amide bonds. The summed E-state index contributed by atoms with van der Waals surface area (Å²) in [6.45, 7) is 4.93. The van der Waals surface area contributed by atoms with Gasteiger partial charge in [-0.2, -0.15) is 0 Å². The van der Waals surface area contributed by atoms with Crippen molar-refractivity contribution in [1.82, 2.24) is 14.1 Å². The van der Waals surface area contributed by atoms with E-state index in [4.69, 9.17) is 0 Å². The third kappa shape index (κ3) is 4.11. The van der Waals surface area contributed by atoms with Crippen LogP contribution in [0.5, 0.6) is 0 Å². The average molecular weight is 456 g/mol. The van der Waals surface area contributed by atoms with E-state index >= 15 is 0 Å². The second-order valence-corrected chi connectivity index (χ2v) is 10.8. The molecular weight excluding hydrogens is 426 g/mol. The standard InChI is InChI=1S/C24H29N3O4S/c1-17(2)21-22-20(27(24(21)29)32(3,30)31)12-15-26(22)23(28)19-10-8-18(9-11-19)16-25-13-6-4-5-7-14-25/h4-11,13-14,17,20-22H,12,15-16H2,1-3H3/t20-,21+,22-/m0/s1. The van der Waals surface area contributed by atoms with Gasteiger partial charge >= 0.3 is 0 Å². The first-order valence-corrected chi connectivity index (χ1v) is 12.7. The Hall–Kier alpha value is -2.87. The lowest BCUT2D eigenvalue weighted by Gasteiger charge is -2.29. The zero-order chi connectivity index (χ0) is 23.0. The van der Waals surface area contributed by atoms with Gasteiger partial charge in [-0.15, -0.1) is 0 Å². The van der Waals surface area contributed by atoms with Crippen LogP contribution >= 0.6 is 0 Å². The number of sulfonamides is 1. The van der Waals surface area contributed by atoms with Crippen LogP contribution in [0.4, 0.5) is 0 Å². The van der Waals surface area contributed by atoms with Gasteiger partial charge in [-0.1, -0.05) is 38.1 Å². The largest absolute Gasteiger partial charge is 0.350 e. The van der Waals surface area contributed by atoms with Crippen molar-refractivity contribution in [1.29, 1.82) is 0 Å². The molecule has 0 saturated carbocycles. The number of hydrogen-bond acceptors (Lipinski definition) is 5. The number of carbonyl (C=O) groups excluding carboxylic acids is 2. The molecule has 4 rings (SSSR count). The molecule has 2 fully saturated rings. The number of fused-ring (bicyclic) bond motifs is 1. The highest BCUT2D eigenvalue weighted by Gasteiger charge is 2.58. The van der Waals surface area contributed by atoms with Gasteiger partial charge in [0.1, 0.15) is 0 Å². The Kier molecular flexibility index (Phi) is 5.99. The fourth-order valence-electron chi connectivity index (χ4n) is 5.00. The van der Waals surface area contributed by atoms with E-state index < -0.39 is 33.9 Å². The number of nitrogens with zero attached hydrogens (tertiary/aromatic N) is 3. The monoisotopic (exact) mass is 455 g/mol. The molecule has 0 N–H and O–H groups in total. The van der Waals surface area contributed by atoms with E-state index in [-0.39, 0.29) is 11.8 Å². The van der Waals surface area contributed by atoms with Gasteiger partial charge in [-0.05, 0) is 42.2 Å². The molecule has 0 spiro atoms. The van der Waals surface area contributed by atoms with E-state index in [1.165, 1.54) is 0 Å². The Balaban J connectivity index is 1.54. The molecule has 3 aliphatic rings. The van der Waals surface area contributed by atoms with Gasteiger partial charge in [0.2, 0.25) is 15.9 Å². The summed E-state index contributed by atoms with van der Waals surface area (Å²) in [7, 11) is -3.68. The van der Waals surface area contributed by atoms with Gasteiger partial charge in [0, 0.05) is 31.1 Å². The van der Waals surface area contributed by atoms with Gasteiger partial charge in [0.15, 0.2) is 0 Å². The van der Waals surface area contributed by atoms with Gasteiger partial charge in [0.25, 0.3) is 5.91 Å². The maximum absolute atomic E-state index is 13.4. The van der Waals surface area contributed by atoms with Crippen LogP contribution in [0.3, 0.4) is 0 Å². The quantitative estimate of drug-likeness (QED) is 0.682. The number of likely N-dealkylation sites (tertiary alicyclic amines) is 1. The first-order chi connectivity index (χ1) is 15.2. The normalized spacial score (nSPS) is 25.1. The summed E-state index contributed by atoms with van der Waals surface area (Å²) >= 11 is 0. The summed E-state index contributed by atoms with van der Waals surface area (Å²) in [5.41, 5.74) is 1.61. The number of carbonyl (C=O) groups is 2. The lowest BCUT2D eigenvalue weighted by Crippen LogP contribution is -2.44. The second kappa shape index (κ2) is 8.58. The molecule has 32 heavy (non-hydrogen) atoms.